The summed E-state index contributed by atoms with van der Waals surface area (Å²) in [5, 5.41) is 15.3. The van der Waals surface area contributed by atoms with Crippen LogP contribution in [0.2, 0.25) is 0 Å². The van der Waals surface area contributed by atoms with Gasteiger partial charge in [0.1, 0.15) is 18.0 Å². The van der Waals surface area contributed by atoms with E-state index in [0.717, 1.165) is 11.1 Å². The standard InChI is InChI=1S/C25H27FN4O4/c1-30-13-18-7-15(5-6-21(18)25(30)32)16-3-4-17(22(26)9-16)8-19(10-27)29-24(31)23-12-28-11-20(33-2)14-34-23/h3-7,9,19-20,23,28H,8,11-14H2,1-2H3,(H,29,31)/t19?,20-,23+/m1/s1. The predicted molar refractivity (Wildman–Crippen MR) is 122 cm³/mol. The van der Waals surface area contributed by atoms with Crippen molar-refractivity contribution in [3.8, 4) is 17.2 Å². The lowest BCUT2D eigenvalue weighted by molar-refractivity contribution is -0.133. The first kappa shape index (κ1) is 23.8. The number of nitriles is 1. The molecule has 4 rings (SSSR count). The van der Waals surface area contributed by atoms with E-state index in [1.807, 2.05) is 12.1 Å². The molecule has 0 aliphatic carbocycles. The van der Waals surface area contributed by atoms with Crippen molar-refractivity contribution in [3.63, 3.8) is 0 Å². The molecule has 2 heterocycles. The molecule has 1 unspecified atom stereocenters. The molecule has 34 heavy (non-hydrogen) atoms. The number of amides is 2. The fraction of sp³-hybridized carbons (Fsp3) is 0.400. The normalized spacial score (nSPS) is 20.9. The molecule has 0 saturated carbocycles. The second-order valence-electron chi connectivity index (χ2n) is 8.57. The zero-order valence-electron chi connectivity index (χ0n) is 19.1. The largest absolute Gasteiger partial charge is 0.378 e. The molecular weight excluding hydrogens is 439 g/mol. The van der Waals surface area contributed by atoms with Gasteiger partial charge in [0, 0.05) is 45.8 Å². The van der Waals surface area contributed by atoms with Gasteiger partial charge in [-0.15, -0.1) is 0 Å². The van der Waals surface area contributed by atoms with E-state index in [1.165, 1.54) is 6.07 Å². The molecular formula is C25H27FN4O4. The molecule has 2 aromatic rings. The van der Waals surface area contributed by atoms with Crippen molar-refractivity contribution in [1.82, 2.24) is 15.5 Å². The minimum absolute atomic E-state index is 0.0174. The third-order valence-corrected chi connectivity index (χ3v) is 6.18. The Labute approximate surface area is 197 Å². The van der Waals surface area contributed by atoms with Gasteiger partial charge in [-0.05, 0) is 40.5 Å². The van der Waals surface area contributed by atoms with Gasteiger partial charge in [0.2, 0.25) is 0 Å². The van der Waals surface area contributed by atoms with E-state index in [2.05, 4.69) is 10.6 Å². The molecule has 178 valence electrons. The second kappa shape index (κ2) is 10.3. The van der Waals surface area contributed by atoms with Crippen LogP contribution in [0, 0.1) is 17.1 Å². The number of benzene rings is 2. The molecule has 0 aromatic heterocycles. The first-order valence-corrected chi connectivity index (χ1v) is 11.1. The Balaban J connectivity index is 1.42. The molecule has 0 spiro atoms. The zero-order valence-corrected chi connectivity index (χ0v) is 19.1. The lowest BCUT2D eigenvalue weighted by Gasteiger charge is -2.18. The smallest absolute Gasteiger partial charge is 0.254 e. The topological polar surface area (TPSA) is 104 Å². The first-order valence-electron chi connectivity index (χ1n) is 11.1. The molecule has 2 amide bonds. The lowest BCUT2D eigenvalue weighted by atomic mass is 9.97. The number of hydrogen-bond donors (Lipinski definition) is 2. The summed E-state index contributed by atoms with van der Waals surface area (Å²) in [6.07, 6.45) is -0.878. The maximum Gasteiger partial charge on any atom is 0.254 e. The number of ether oxygens (including phenoxy) is 2. The summed E-state index contributed by atoms with van der Waals surface area (Å²) in [5.41, 5.74) is 3.39. The van der Waals surface area contributed by atoms with Crippen molar-refractivity contribution in [2.75, 3.05) is 33.9 Å². The highest BCUT2D eigenvalue weighted by molar-refractivity contribution is 5.98. The highest BCUT2D eigenvalue weighted by Gasteiger charge is 2.27. The Morgan fingerprint density at radius 3 is 2.82 bits per heavy atom. The number of carbonyl (C=O) groups excluding carboxylic acids is 2. The van der Waals surface area contributed by atoms with Gasteiger partial charge in [-0.1, -0.05) is 18.2 Å². The summed E-state index contributed by atoms with van der Waals surface area (Å²) in [6, 6.07) is 11.4. The number of carbonyl (C=O) groups is 2. The van der Waals surface area contributed by atoms with E-state index >= 15 is 0 Å². The number of halogens is 1. The summed E-state index contributed by atoms with van der Waals surface area (Å²) in [5.74, 6) is -0.905. The van der Waals surface area contributed by atoms with Gasteiger partial charge < -0.3 is 25.0 Å². The van der Waals surface area contributed by atoms with Gasteiger partial charge in [-0.3, -0.25) is 9.59 Å². The van der Waals surface area contributed by atoms with E-state index in [-0.39, 0.29) is 25.0 Å². The van der Waals surface area contributed by atoms with Gasteiger partial charge in [0.15, 0.2) is 0 Å². The first-order chi connectivity index (χ1) is 16.4. The number of methoxy groups -OCH3 is 1. The van der Waals surface area contributed by atoms with Gasteiger partial charge >= 0.3 is 0 Å². The highest BCUT2D eigenvalue weighted by Crippen LogP contribution is 2.29. The maximum atomic E-state index is 14.9. The molecule has 2 aliphatic heterocycles. The van der Waals surface area contributed by atoms with Crippen molar-refractivity contribution < 1.29 is 23.5 Å². The molecule has 2 aliphatic rings. The fourth-order valence-electron chi connectivity index (χ4n) is 4.19. The Morgan fingerprint density at radius 1 is 1.32 bits per heavy atom. The van der Waals surface area contributed by atoms with Crippen LogP contribution in [0.15, 0.2) is 36.4 Å². The molecule has 0 bridgehead atoms. The summed E-state index contributed by atoms with van der Waals surface area (Å²) >= 11 is 0. The Morgan fingerprint density at radius 2 is 2.09 bits per heavy atom. The Bertz CT molecular complexity index is 1130. The van der Waals surface area contributed by atoms with Crippen molar-refractivity contribution in [2.45, 2.75) is 31.2 Å². The summed E-state index contributed by atoms with van der Waals surface area (Å²) in [7, 11) is 3.32. The average molecular weight is 467 g/mol. The monoisotopic (exact) mass is 466 g/mol. The third-order valence-electron chi connectivity index (χ3n) is 6.18. The van der Waals surface area contributed by atoms with E-state index in [0.29, 0.717) is 36.3 Å². The SMILES string of the molecule is CO[C@@H]1CNC[C@@H](C(=O)NC(C#N)Cc2ccc(-c3ccc4c(c3)CN(C)C4=O)cc2F)OC1. The summed E-state index contributed by atoms with van der Waals surface area (Å²) in [6.45, 7) is 1.66. The number of nitrogens with one attached hydrogen (secondary N) is 2. The van der Waals surface area contributed by atoms with Crippen LogP contribution in [0.25, 0.3) is 11.1 Å². The molecule has 1 fully saturated rings. The molecule has 3 atom stereocenters. The van der Waals surface area contributed by atoms with Gasteiger partial charge in [0.25, 0.3) is 11.8 Å². The number of hydrogen-bond acceptors (Lipinski definition) is 6. The second-order valence-corrected chi connectivity index (χ2v) is 8.57. The Hall–Kier alpha value is -3.32. The van der Waals surface area contributed by atoms with Crippen molar-refractivity contribution >= 4 is 11.8 Å². The maximum absolute atomic E-state index is 14.9. The quantitative estimate of drug-likeness (QED) is 0.671. The molecule has 2 aromatic carbocycles. The predicted octanol–water partition coefficient (Wildman–Crippen LogP) is 1.63. The lowest BCUT2D eigenvalue weighted by Crippen LogP contribution is -2.46. The van der Waals surface area contributed by atoms with Gasteiger partial charge in [-0.2, -0.15) is 5.26 Å². The van der Waals surface area contributed by atoms with E-state index in [9.17, 15) is 19.2 Å². The van der Waals surface area contributed by atoms with Crippen LogP contribution in [0.1, 0.15) is 21.5 Å². The van der Waals surface area contributed by atoms with Gasteiger partial charge in [-0.25, -0.2) is 4.39 Å². The minimum Gasteiger partial charge on any atom is -0.378 e. The van der Waals surface area contributed by atoms with Crippen molar-refractivity contribution in [3.05, 3.63) is 58.9 Å². The third kappa shape index (κ3) is 5.09. The van der Waals surface area contributed by atoms with Crippen molar-refractivity contribution in [1.29, 1.82) is 5.26 Å². The molecule has 2 N–H and O–H groups in total. The molecule has 0 radical (unpaired) electrons. The highest BCUT2D eigenvalue weighted by atomic mass is 19.1. The van der Waals surface area contributed by atoms with Crippen LogP contribution in [-0.4, -0.2) is 68.8 Å². The van der Waals surface area contributed by atoms with E-state index in [4.69, 9.17) is 9.47 Å². The summed E-state index contributed by atoms with van der Waals surface area (Å²) < 4.78 is 25.8. The minimum atomic E-state index is -0.903. The van der Waals surface area contributed by atoms with Crippen LogP contribution in [0.4, 0.5) is 4.39 Å². The molecule has 8 nitrogen and oxygen atoms in total. The zero-order chi connectivity index (χ0) is 24.2. The van der Waals surface area contributed by atoms with Crippen LogP contribution in [0.5, 0.6) is 0 Å². The number of rotatable bonds is 6. The van der Waals surface area contributed by atoms with E-state index in [1.54, 1.807) is 43.3 Å². The van der Waals surface area contributed by atoms with E-state index < -0.39 is 23.9 Å². The number of fused-ring (bicyclic) bond motifs is 1. The fourth-order valence-corrected chi connectivity index (χ4v) is 4.19. The molecule has 9 heteroatoms. The van der Waals surface area contributed by atoms with Gasteiger partial charge in [0.05, 0.1) is 18.8 Å². The van der Waals surface area contributed by atoms with Crippen LogP contribution in [0.3, 0.4) is 0 Å². The van der Waals surface area contributed by atoms with Crippen molar-refractivity contribution in [2.24, 2.45) is 0 Å². The number of nitrogens with zero attached hydrogens (tertiary/aromatic N) is 2. The molecule has 1 saturated heterocycles. The van der Waals surface area contributed by atoms with Crippen LogP contribution < -0.4 is 10.6 Å². The Kier molecular flexibility index (Phi) is 7.22. The average Bonchev–Trinajstić information content (AvgIpc) is 3.00. The summed E-state index contributed by atoms with van der Waals surface area (Å²) in [4.78, 5) is 26.3. The van der Waals surface area contributed by atoms with Crippen LogP contribution >= 0.6 is 0 Å². The van der Waals surface area contributed by atoms with Crippen LogP contribution in [-0.2, 0) is 27.2 Å².